The third-order valence-electron chi connectivity index (χ3n) is 4.98. The Bertz CT molecular complexity index is 699. The molecule has 3 heterocycles. The minimum atomic E-state index is -0.303. The van der Waals surface area contributed by atoms with E-state index in [9.17, 15) is 14.4 Å². The summed E-state index contributed by atoms with van der Waals surface area (Å²) in [5.41, 5.74) is 0.315. The number of carbonyl (C=O) groups is 3. The molecule has 2 fully saturated rings. The smallest absolute Gasteiger partial charge is 0.409 e. The second-order valence-corrected chi connectivity index (χ2v) is 6.80. The number of hydrogen-bond donors (Lipinski definition) is 1. The van der Waals surface area contributed by atoms with E-state index >= 15 is 0 Å². The summed E-state index contributed by atoms with van der Waals surface area (Å²) >= 11 is 0. The lowest BCUT2D eigenvalue weighted by atomic mass is 10.1. The molecule has 3 rings (SSSR count). The van der Waals surface area contributed by atoms with Gasteiger partial charge in [-0.1, -0.05) is 0 Å². The van der Waals surface area contributed by atoms with Gasteiger partial charge in [0.15, 0.2) is 0 Å². The van der Waals surface area contributed by atoms with E-state index in [0.717, 1.165) is 6.41 Å². The molecule has 1 aromatic rings. The van der Waals surface area contributed by atoms with Crippen molar-refractivity contribution >= 4 is 24.4 Å². The standard InChI is InChI=1S/C18H26N6O4/c1-2-28-18(27)24-7-4-14(5-8-24)20-16(26)15-3-6-19-17(21-15)23-11-9-22(13-25)10-12-23/h3,6,13-14H,2,4-5,7-12H2,1H3,(H,20,26). The normalized spacial score (nSPS) is 18.0. The van der Waals surface area contributed by atoms with E-state index in [0.29, 0.717) is 70.4 Å². The summed E-state index contributed by atoms with van der Waals surface area (Å²) < 4.78 is 5.01. The van der Waals surface area contributed by atoms with Gasteiger partial charge in [0.1, 0.15) is 5.69 Å². The van der Waals surface area contributed by atoms with Crippen LogP contribution in [0.2, 0.25) is 0 Å². The zero-order valence-electron chi connectivity index (χ0n) is 16.0. The highest BCUT2D eigenvalue weighted by Gasteiger charge is 2.25. The van der Waals surface area contributed by atoms with Crippen molar-refractivity contribution in [1.82, 2.24) is 25.1 Å². The number of likely N-dealkylation sites (tertiary alicyclic amines) is 1. The topological polar surface area (TPSA) is 108 Å². The van der Waals surface area contributed by atoms with Gasteiger partial charge in [0.25, 0.3) is 5.91 Å². The van der Waals surface area contributed by atoms with E-state index in [2.05, 4.69) is 15.3 Å². The number of carbonyl (C=O) groups excluding carboxylic acids is 3. The van der Waals surface area contributed by atoms with Gasteiger partial charge in [-0.3, -0.25) is 9.59 Å². The highest BCUT2D eigenvalue weighted by atomic mass is 16.6. The number of amides is 3. The van der Waals surface area contributed by atoms with Crippen molar-refractivity contribution in [3.8, 4) is 0 Å². The average molecular weight is 390 g/mol. The van der Waals surface area contributed by atoms with Crippen LogP contribution in [-0.4, -0.2) is 90.1 Å². The molecule has 0 bridgehead atoms. The van der Waals surface area contributed by atoms with Gasteiger partial charge in [-0.25, -0.2) is 14.8 Å². The Labute approximate surface area is 163 Å². The molecule has 3 amide bonds. The van der Waals surface area contributed by atoms with Gasteiger partial charge >= 0.3 is 6.09 Å². The minimum Gasteiger partial charge on any atom is -0.450 e. The summed E-state index contributed by atoms with van der Waals surface area (Å²) in [5, 5.41) is 2.99. The third-order valence-corrected chi connectivity index (χ3v) is 4.98. The number of piperazine rings is 1. The number of aromatic nitrogens is 2. The van der Waals surface area contributed by atoms with Crippen LogP contribution in [0.1, 0.15) is 30.3 Å². The molecule has 0 spiro atoms. The monoisotopic (exact) mass is 390 g/mol. The molecule has 0 aliphatic carbocycles. The molecule has 2 saturated heterocycles. The maximum Gasteiger partial charge on any atom is 0.409 e. The summed E-state index contributed by atoms with van der Waals surface area (Å²) in [6.45, 7) is 5.75. The van der Waals surface area contributed by atoms with Gasteiger partial charge in [0.05, 0.1) is 6.61 Å². The Morgan fingerprint density at radius 3 is 2.57 bits per heavy atom. The molecule has 0 saturated carbocycles. The van der Waals surface area contributed by atoms with Crippen LogP contribution in [-0.2, 0) is 9.53 Å². The summed E-state index contributed by atoms with van der Waals surface area (Å²) in [6, 6.07) is 1.58. The van der Waals surface area contributed by atoms with Crippen LogP contribution < -0.4 is 10.2 Å². The molecular formula is C18H26N6O4. The lowest BCUT2D eigenvalue weighted by Crippen LogP contribution is -2.47. The summed E-state index contributed by atoms with van der Waals surface area (Å²) in [4.78, 5) is 49.1. The fourth-order valence-electron chi connectivity index (χ4n) is 3.34. The largest absolute Gasteiger partial charge is 0.450 e. The van der Waals surface area contributed by atoms with E-state index in [4.69, 9.17) is 4.74 Å². The van der Waals surface area contributed by atoms with Gasteiger partial charge in [0.2, 0.25) is 12.4 Å². The molecule has 0 unspecified atom stereocenters. The molecule has 0 aromatic carbocycles. The highest BCUT2D eigenvalue weighted by molar-refractivity contribution is 5.92. The van der Waals surface area contributed by atoms with Crippen LogP contribution in [0.25, 0.3) is 0 Å². The van der Waals surface area contributed by atoms with Gasteiger partial charge in [-0.15, -0.1) is 0 Å². The Morgan fingerprint density at radius 1 is 1.21 bits per heavy atom. The summed E-state index contributed by atoms with van der Waals surface area (Å²) in [6.07, 6.45) is 3.47. The van der Waals surface area contributed by atoms with Crippen molar-refractivity contribution < 1.29 is 19.1 Å². The van der Waals surface area contributed by atoms with E-state index in [1.807, 2.05) is 4.90 Å². The van der Waals surface area contributed by atoms with Gasteiger partial charge in [0, 0.05) is 51.5 Å². The molecule has 2 aliphatic heterocycles. The number of rotatable bonds is 5. The zero-order valence-corrected chi connectivity index (χ0v) is 16.0. The summed E-state index contributed by atoms with van der Waals surface area (Å²) in [7, 11) is 0. The quantitative estimate of drug-likeness (QED) is 0.711. The van der Waals surface area contributed by atoms with Crippen molar-refractivity contribution in [1.29, 1.82) is 0 Å². The number of ether oxygens (including phenoxy) is 1. The van der Waals surface area contributed by atoms with Crippen LogP contribution in [0.15, 0.2) is 12.3 Å². The second-order valence-electron chi connectivity index (χ2n) is 6.80. The molecule has 1 aromatic heterocycles. The maximum absolute atomic E-state index is 12.6. The number of anilines is 1. The lowest BCUT2D eigenvalue weighted by Gasteiger charge is -2.32. The zero-order chi connectivity index (χ0) is 19.9. The number of nitrogens with zero attached hydrogens (tertiary/aromatic N) is 5. The van der Waals surface area contributed by atoms with Crippen molar-refractivity contribution in [3.05, 3.63) is 18.0 Å². The molecule has 2 aliphatic rings. The van der Waals surface area contributed by atoms with Crippen LogP contribution in [0.5, 0.6) is 0 Å². The van der Waals surface area contributed by atoms with Crippen molar-refractivity contribution in [3.63, 3.8) is 0 Å². The Kier molecular flexibility index (Phi) is 6.62. The van der Waals surface area contributed by atoms with Crippen LogP contribution >= 0.6 is 0 Å². The fourth-order valence-corrected chi connectivity index (χ4v) is 3.34. The van der Waals surface area contributed by atoms with E-state index in [1.54, 1.807) is 29.0 Å². The molecule has 10 heteroatoms. The molecule has 152 valence electrons. The molecular weight excluding hydrogens is 364 g/mol. The molecule has 1 N–H and O–H groups in total. The Morgan fingerprint density at radius 2 is 1.93 bits per heavy atom. The van der Waals surface area contributed by atoms with E-state index in [-0.39, 0.29) is 18.0 Å². The SMILES string of the molecule is CCOC(=O)N1CCC(NC(=O)c2ccnc(N3CCN(C=O)CC3)n2)CC1. The van der Waals surface area contributed by atoms with E-state index < -0.39 is 0 Å². The minimum absolute atomic E-state index is 0.00673. The Balaban J connectivity index is 1.53. The van der Waals surface area contributed by atoms with E-state index in [1.165, 1.54) is 0 Å². The van der Waals surface area contributed by atoms with Gasteiger partial charge < -0.3 is 24.8 Å². The first kappa shape index (κ1) is 19.8. The number of piperidine rings is 1. The van der Waals surface area contributed by atoms with Crippen molar-refractivity contribution in [2.75, 3.05) is 50.8 Å². The van der Waals surface area contributed by atoms with Crippen LogP contribution in [0, 0.1) is 0 Å². The first-order chi connectivity index (χ1) is 13.6. The lowest BCUT2D eigenvalue weighted by molar-refractivity contribution is -0.118. The molecule has 0 radical (unpaired) electrons. The number of hydrogen-bond acceptors (Lipinski definition) is 7. The fraction of sp³-hybridized carbons (Fsp3) is 0.611. The highest BCUT2D eigenvalue weighted by Crippen LogP contribution is 2.14. The summed E-state index contributed by atoms with van der Waals surface area (Å²) in [5.74, 6) is 0.250. The first-order valence-electron chi connectivity index (χ1n) is 9.60. The predicted octanol–water partition coefficient (Wildman–Crippen LogP) is 0.106. The average Bonchev–Trinajstić information content (AvgIpc) is 2.74. The first-order valence-corrected chi connectivity index (χ1v) is 9.60. The Hall–Kier alpha value is -2.91. The third kappa shape index (κ3) is 4.87. The second kappa shape index (κ2) is 9.34. The number of nitrogens with one attached hydrogen (secondary N) is 1. The molecule has 10 nitrogen and oxygen atoms in total. The predicted molar refractivity (Wildman–Crippen MR) is 101 cm³/mol. The van der Waals surface area contributed by atoms with Crippen LogP contribution in [0.3, 0.4) is 0 Å². The molecule has 0 atom stereocenters. The van der Waals surface area contributed by atoms with Gasteiger partial charge in [-0.05, 0) is 25.8 Å². The van der Waals surface area contributed by atoms with Crippen molar-refractivity contribution in [2.24, 2.45) is 0 Å². The van der Waals surface area contributed by atoms with Gasteiger partial charge in [-0.2, -0.15) is 0 Å². The van der Waals surface area contributed by atoms with Crippen LogP contribution in [0.4, 0.5) is 10.7 Å². The van der Waals surface area contributed by atoms with Crippen molar-refractivity contribution in [2.45, 2.75) is 25.8 Å². The maximum atomic E-state index is 12.6. The molecule has 28 heavy (non-hydrogen) atoms.